The Morgan fingerprint density at radius 3 is 3.06 bits per heavy atom. The minimum atomic E-state index is 0.0300. The average molecular weight is 238 g/mol. The van der Waals surface area contributed by atoms with E-state index in [1.54, 1.807) is 23.2 Å². The number of carbonyl (C=O) groups excluding carboxylic acids is 1. The zero-order chi connectivity index (χ0) is 11.5. The zero-order valence-corrected chi connectivity index (χ0v) is 9.91. The number of carbonyl (C=O) groups is 1. The van der Waals surface area contributed by atoms with Gasteiger partial charge in [-0.25, -0.2) is 4.98 Å². The van der Waals surface area contributed by atoms with Crippen molar-refractivity contribution in [1.29, 1.82) is 0 Å². The van der Waals surface area contributed by atoms with Crippen molar-refractivity contribution in [2.75, 3.05) is 26.0 Å². The number of hydrogen-bond acceptors (Lipinski definition) is 4. The molecule has 16 heavy (non-hydrogen) atoms. The van der Waals surface area contributed by atoms with Crippen LogP contribution in [0, 0.1) is 5.92 Å². The van der Waals surface area contributed by atoms with Crippen molar-refractivity contribution < 1.29 is 9.90 Å². The Kier molecular flexibility index (Phi) is 3.46. The monoisotopic (exact) mass is 238 g/mol. The molecule has 0 atom stereocenters. The van der Waals surface area contributed by atoms with Crippen molar-refractivity contribution in [2.24, 2.45) is 5.92 Å². The number of aromatic nitrogens is 1. The molecule has 1 N–H and O–H groups in total. The van der Waals surface area contributed by atoms with Gasteiger partial charge in [-0.2, -0.15) is 0 Å². The molecule has 5 heteroatoms. The molecule has 1 aliphatic heterocycles. The highest BCUT2D eigenvalue weighted by Crippen LogP contribution is 2.19. The van der Waals surface area contributed by atoms with Crippen LogP contribution in [0.5, 0.6) is 0 Å². The Bertz CT molecular complexity index is 391. The summed E-state index contributed by atoms with van der Waals surface area (Å²) >= 11 is 1.52. The molecule has 86 valence electrons. The van der Waals surface area contributed by atoms with Gasteiger partial charge in [-0.15, -0.1) is 11.8 Å². The fourth-order valence-corrected chi connectivity index (χ4v) is 2.10. The molecule has 2 heterocycles. The van der Waals surface area contributed by atoms with E-state index < -0.39 is 0 Å². The number of aliphatic hydroxyl groups is 1. The molecule has 0 aliphatic carbocycles. The van der Waals surface area contributed by atoms with Crippen LogP contribution in [0.4, 0.5) is 0 Å². The first-order chi connectivity index (χ1) is 7.74. The first-order valence-corrected chi connectivity index (χ1v) is 6.37. The number of thioether (sulfide) groups is 1. The molecule has 0 saturated carbocycles. The maximum atomic E-state index is 12.0. The lowest BCUT2D eigenvalue weighted by molar-refractivity contribution is 0.0361. The molecular formula is C11H14N2O2S. The average Bonchev–Trinajstić information content (AvgIpc) is 2.27. The lowest BCUT2D eigenvalue weighted by Crippen LogP contribution is -2.51. The van der Waals surface area contributed by atoms with E-state index in [0.29, 0.717) is 18.7 Å². The van der Waals surface area contributed by atoms with E-state index in [2.05, 4.69) is 4.98 Å². The van der Waals surface area contributed by atoms with Crippen molar-refractivity contribution in [3.05, 3.63) is 23.9 Å². The number of pyridine rings is 1. The zero-order valence-electron chi connectivity index (χ0n) is 9.09. The first kappa shape index (κ1) is 11.4. The normalized spacial score (nSPS) is 16.0. The van der Waals surface area contributed by atoms with E-state index in [1.807, 2.05) is 6.26 Å². The number of rotatable bonds is 3. The summed E-state index contributed by atoms with van der Waals surface area (Å²) in [7, 11) is 0. The van der Waals surface area contributed by atoms with Gasteiger partial charge in [0, 0.05) is 37.4 Å². The van der Waals surface area contributed by atoms with E-state index in [9.17, 15) is 4.79 Å². The molecule has 0 unspecified atom stereocenters. The lowest BCUT2D eigenvalue weighted by atomic mass is 10.0. The summed E-state index contributed by atoms with van der Waals surface area (Å²) in [6.45, 7) is 1.48. The molecule has 1 aromatic rings. The summed E-state index contributed by atoms with van der Waals surface area (Å²) in [5.74, 6) is 0.285. The van der Waals surface area contributed by atoms with Crippen LogP contribution < -0.4 is 0 Å². The quantitative estimate of drug-likeness (QED) is 0.794. The lowest BCUT2D eigenvalue weighted by Gasteiger charge is -2.38. The van der Waals surface area contributed by atoms with Gasteiger partial charge in [0.25, 0.3) is 5.91 Å². The Morgan fingerprint density at radius 1 is 1.69 bits per heavy atom. The minimum Gasteiger partial charge on any atom is -0.396 e. The molecule has 4 nitrogen and oxygen atoms in total. The van der Waals surface area contributed by atoms with Gasteiger partial charge in [0.1, 0.15) is 0 Å². The summed E-state index contributed by atoms with van der Waals surface area (Å²) in [6, 6.07) is 3.54. The molecule has 1 fully saturated rings. The van der Waals surface area contributed by atoms with Gasteiger partial charge in [0.2, 0.25) is 0 Å². The van der Waals surface area contributed by atoms with Gasteiger partial charge in [0.15, 0.2) is 0 Å². The van der Waals surface area contributed by atoms with Gasteiger partial charge < -0.3 is 10.0 Å². The second-order valence-corrected chi connectivity index (χ2v) is 4.67. The molecule has 1 aromatic heterocycles. The number of amides is 1. The maximum absolute atomic E-state index is 12.0. The van der Waals surface area contributed by atoms with Crippen molar-refractivity contribution in [2.45, 2.75) is 5.03 Å². The SMILES string of the molecule is CSc1cc(C(=O)N2CC(CO)C2)ccn1. The first-order valence-electron chi connectivity index (χ1n) is 5.14. The van der Waals surface area contributed by atoms with Crippen LogP contribution in [0.1, 0.15) is 10.4 Å². The number of likely N-dealkylation sites (tertiary alicyclic amines) is 1. The molecule has 1 amide bonds. The Morgan fingerprint density at radius 2 is 2.44 bits per heavy atom. The number of nitrogens with zero attached hydrogens (tertiary/aromatic N) is 2. The van der Waals surface area contributed by atoms with E-state index in [1.165, 1.54) is 11.8 Å². The van der Waals surface area contributed by atoms with Gasteiger partial charge in [0.05, 0.1) is 5.03 Å². The van der Waals surface area contributed by atoms with Crippen LogP contribution in [-0.4, -0.2) is 46.8 Å². The topological polar surface area (TPSA) is 53.4 Å². The van der Waals surface area contributed by atoms with Crippen LogP contribution in [0.15, 0.2) is 23.4 Å². The summed E-state index contributed by atoms with van der Waals surface area (Å²) in [6.07, 6.45) is 3.59. The maximum Gasteiger partial charge on any atom is 0.254 e. The molecule has 0 radical (unpaired) electrons. The third-order valence-electron chi connectivity index (χ3n) is 2.69. The van der Waals surface area contributed by atoms with Crippen LogP contribution in [0.2, 0.25) is 0 Å². The van der Waals surface area contributed by atoms with E-state index in [0.717, 1.165) is 5.03 Å². The van der Waals surface area contributed by atoms with Crippen molar-refractivity contribution in [1.82, 2.24) is 9.88 Å². The second kappa shape index (κ2) is 4.84. The second-order valence-electron chi connectivity index (χ2n) is 3.85. The van der Waals surface area contributed by atoms with E-state index >= 15 is 0 Å². The number of hydrogen-bond donors (Lipinski definition) is 1. The van der Waals surface area contributed by atoms with Crippen LogP contribution in [-0.2, 0) is 0 Å². The van der Waals surface area contributed by atoms with Crippen LogP contribution in [0.25, 0.3) is 0 Å². The third kappa shape index (κ3) is 2.20. The van der Waals surface area contributed by atoms with Crippen LogP contribution >= 0.6 is 11.8 Å². The molecule has 1 saturated heterocycles. The molecular weight excluding hydrogens is 224 g/mol. The van der Waals surface area contributed by atoms with E-state index in [-0.39, 0.29) is 18.4 Å². The Hall–Kier alpha value is -1.07. The predicted octanol–water partition coefficient (Wildman–Crippen LogP) is 0.868. The van der Waals surface area contributed by atoms with Gasteiger partial charge in [-0.1, -0.05) is 0 Å². The molecule has 0 bridgehead atoms. The predicted molar refractivity (Wildman–Crippen MR) is 62.5 cm³/mol. The molecule has 0 aromatic carbocycles. The third-order valence-corrected chi connectivity index (χ3v) is 3.34. The number of aliphatic hydroxyl groups excluding tert-OH is 1. The largest absolute Gasteiger partial charge is 0.396 e. The summed E-state index contributed by atoms with van der Waals surface area (Å²) in [5.41, 5.74) is 0.677. The van der Waals surface area contributed by atoms with Gasteiger partial charge >= 0.3 is 0 Å². The molecule has 2 rings (SSSR count). The minimum absolute atomic E-state index is 0.0300. The van der Waals surface area contributed by atoms with Gasteiger partial charge in [-0.05, 0) is 18.4 Å². The Balaban J connectivity index is 2.04. The highest BCUT2D eigenvalue weighted by Gasteiger charge is 2.30. The van der Waals surface area contributed by atoms with Crippen molar-refractivity contribution in [3.63, 3.8) is 0 Å². The smallest absolute Gasteiger partial charge is 0.254 e. The molecule has 1 aliphatic rings. The van der Waals surface area contributed by atoms with Crippen LogP contribution in [0.3, 0.4) is 0 Å². The highest BCUT2D eigenvalue weighted by molar-refractivity contribution is 7.98. The summed E-state index contributed by atoms with van der Waals surface area (Å²) in [4.78, 5) is 17.8. The summed E-state index contributed by atoms with van der Waals surface area (Å²) in [5, 5.41) is 9.74. The van der Waals surface area contributed by atoms with Gasteiger partial charge in [-0.3, -0.25) is 4.79 Å². The van der Waals surface area contributed by atoms with E-state index in [4.69, 9.17) is 5.11 Å². The van der Waals surface area contributed by atoms with Crippen molar-refractivity contribution in [3.8, 4) is 0 Å². The molecule has 0 spiro atoms. The fourth-order valence-electron chi connectivity index (χ4n) is 1.69. The van der Waals surface area contributed by atoms with Crippen molar-refractivity contribution >= 4 is 17.7 Å². The summed E-state index contributed by atoms with van der Waals surface area (Å²) < 4.78 is 0. The highest BCUT2D eigenvalue weighted by atomic mass is 32.2. The fraction of sp³-hybridized carbons (Fsp3) is 0.455. The Labute approximate surface area is 98.7 Å². The standard InChI is InChI=1S/C11H14N2O2S/c1-16-10-4-9(2-3-12-10)11(15)13-5-8(6-13)7-14/h2-4,8,14H,5-7H2,1H3.